The van der Waals surface area contributed by atoms with Crippen LogP contribution in [0.3, 0.4) is 0 Å². The van der Waals surface area contributed by atoms with Gasteiger partial charge in [-0.15, -0.1) is 11.8 Å². The van der Waals surface area contributed by atoms with Crippen LogP contribution < -0.4 is 14.2 Å². The van der Waals surface area contributed by atoms with Gasteiger partial charge in [0.15, 0.2) is 11.5 Å². The van der Waals surface area contributed by atoms with E-state index in [1.165, 1.54) is 0 Å². The summed E-state index contributed by atoms with van der Waals surface area (Å²) < 4.78 is 21.8. The lowest BCUT2D eigenvalue weighted by Crippen LogP contribution is -2.30. The molecule has 0 saturated carbocycles. The number of nitrogens with zero attached hydrogens (tertiary/aromatic N) is 1. The molecule has 1 aliphatic rings. The minimum absolute atomic E-state index is 0.0894. The van der Waals surface area contributed by atoms with E-state index in [0.29, 0.717) is 36.2 Å². The number of benzene rings is 1. The van der Waals surface area contributed by atoms with Crippen LogP contribution in [-0.2, 0) is 9.53 Å². The Balaban J connectivity index is 2.18. The first-order chi connectivity index (χ1) is 12.2. The summed E-state index contributed by atoms with van der Waals surface area (Å²) in [5.41, 5.74) is 0.922. The van der Waals surface area contributed by atoms with Crippen molar-refractivity contribution in [3.63, 3.8) is 0 Å². The number of hydrogen-bond donors (Lipinski definition) is 0. The summed E-state index contributed by atoms with van der Waals surface area (Å²) in [4.78, 5) is 14.2. The summed E-state index contributed by atoms with van der Waals surface area (Å²) in [5, 5.41) is -0.0894. The molecule has 1 amide bonds. The molecule has 0 aromatic heterocycles. The number of hydrogen-bond acceptors (Lipinski definition) is 6. The van der Waals surface area contributed by atoms with Crippen molar-refractivity contribution in [2.75, 3.05) is 46.8 Å². The topological polar surface area (TPSA) is 57.2 Å². The molecule has 2 rings (SSSR count). The third-order valence-corrected chi connectivity index (χ3v) is 5.24. The predicted octanol–water partition coefficient (Wildman–Crippen LogP) is 3.10. The van der Waals surface area contributed by atoms with Crippen LogP contribution in [0.15, 0.2) is 12.1 Å². The average Bonchev–Trinajstić information content (AvgIpc) is 3.00. The lowest BCUT2D eigenvalue weighted by Gasteiger charge is -2.26. The molecule has 0 aliphatic carbocycles. The third kappa shape index (κ3) is 4.73. The summed E-state index contributed by atoms with van der Waals surface area (Å²) in [7, 11) is 4.81. The van der Waals surface area contributed by atoms with Crippen LogP contribution in [0, 0.1) is 0 Å². The zero-order valence-corrected chi connectivity index (χ0v) is 16.2. The van der Waals surface area contributed by atoms with Crippen LogP contribution in [0.25, 0.3) is 0 Å². The summed E-state index contributed by atoms with van der Waals surface area (Å²) in [6, 6.07) is 3.70. The van der Waals surface area contributed by atoms with Crippen molar-refractivity contribution in [3.05, 3.63) is 17.7 Å². The molecule has 1 unspecified atom stereocenters. The van der Waals surface area contributed by atoms with E-state index < -0.39 is 0 Å². The Morgan fingerprint density at radius 3 is 2.40 bits per heavy atom. The highest BCUT2D eigenvalue weighted by atomic mass is 32.2. The second kappa shape index (κ2) is 9.77. The molecule has 1 aromatic carbocycles. The van der Waals surface area contributed by atoms with Crippen molar-refractivity contribution >= 4 is 17.7 Å². The van der Waals surface area contributed by atoms with Gasteiger partial charge in [0, 0.05) is 31.4 Å². The lowest BCUT2D eigenvalue weighted by atomic mass is 10.1. The highest BCUT2D eigenvalue weighted by Gasteiger charge is 2.35. The number of thioether (sulfide) groups is 1. The number of amides is 1. The van der Waals surface area contributed by atoms with Gasteiger partial charge in [-0.3, -0.25) is 4.79 Å². The van der Waals surface area contributed by atoms with E-state index in [0.717, 1.165) is 25.0 Å². The van der Waals surface area contributed by atoms with Crippen molar-refractivity contribution in [3.8, 4) is 17.2 Å². The average molecular weight is 369 g/mol. The first-order valence-corrected chi connectivity index (χ1v) is 9.49. The number of ether oxygens (including phenoxy) is 4. The molecule has 6 nitrogen and oxygen atoms in total. The van der Waals surface area contributed by atoms with Gasteiger partial charge in [-0.2, -0.15) is 0 Å². The largest absolute Gasteiger partial charge is 0.496 e. The number of carbonyl (C=O) groups is 1. The second-order valence-electron chi connectivity index (χ2n) is 5.67. The fourth-order valence-corrected chi connectivity index (χ4v) is 4.02. The van der Waals surface area contributed by atoms with E-state index >= 15 is 0 Å². The Morgan fingerprint density at radius 2 is 1.76 bits per heavy atom. The molecular formula is C18H27NO5S. The van der Waals surface area contributed by atoms with E-state index in [1.54, 1.807) is 39.2 Å². The van der Waals surface area contributed by atoms with E-state index in [2.05, 4.69) is 6.92 Å². The van der Waals surface area contributed by atoms with Gasteiger partial charge in [0.25, 0.3) is 0 Å². The molecule has 0 radical (unpaired) electrons. The molecule has 0 bridgehead atoms. The quantitative estimate of drug-likeness (QED) is 0.591. The Morgan fingerprint density at radius 1 is 1.08 bits per heavy atom. The molecule has 1 fully saturated rings. The monoisotopic (exact) mass is 369 g/mol. The Bertz CT molecular complexity index is 581. The van der Waals surface area contributed by atoms with Crippen LogP contribution in [0.4, 0.5) is 0 Å². The van der Waals surface area contributed by atoms with Gasteiger partial charge in [0.1, 0.15) is 11.1 Å². The fourth-order valence-electron chi connectivity index (χ4n) is 2.78. The second-order valence-corrected chi connectivity index (χ2v) is 6.73. The normalized spacial score (nSPS) is 17.0. The predicted molar refractivity (Wildman–Crippen MR) is 98.7 cm³/mol. The minimum Gasteiger partial charge on any atom is -0.496 e. The Kier molecular flexibility index (Phi) is 7.71. The van der Waals surface area contributed by atoms with Crippen molar-refractivity contribution < 1.29 is 23.7 Å². The molecule has 1 aromatic rings. The van der Waals surface area contributed by atoms with Crippen LogP contribution >= 0.6 is 11.8 Å². The van der Waals surface area contributed by atoms with Gasteiger partial charge < -0.3 is 23.8 Å². The number of carbonyl (C=O) groups excluding carboxylic acids is 1. The third-order valence-electron chi connectivity index (χ3n) is 4.01. The van der Waals surface area contributed by atoms with E-state index in [-0.39, 0.29) is 11.3 Å². The van der Waals surface area contributed by atoms with Gasteiger partial charge in [0.2, 0.25) is 5.91 Å². The van der Waals surface area contributed by atoms with Crippen LogP contribution in [0.5, 0.6) is 17.2 Å². The summed E-state index contributed by atoms with van der Waals surface area (Å²) in [6.45, 7) is 4.17. The molecular weight excluding hydrogens is 342 g/mol. The Labute approximate surface area is 153 Å². The molecule has 140 valence electrons. The maximum atomic E-state index is 12.3. The van der Waals surface area contributed by atoms with Gasteiger partial charge in [-0.25, -0.2) is 0 Å². The molecule has 1 aliphatic heterocycles. The minimum atomic E-state index is -0.0894. The number of methoxy groups -OCH3 is 3. The smallest absolute Gasteiger partial charge is 0.233 e. The van der Waals surface area contributed by atoms with Gasteiger partial charge in [0.05, 0.1) is 27.1 Å². The van der Waals surface area contributed by atoms with Crippen molar-refractivity contribution in [1.29, 1.82) is 0 Å². The van der Waals surface area contributed by atoms with Gasteiger partial charge in [-0.1, -0.05) is 6.92 Å². The van der Waals surface area contributed by atoms with E-state index in [9.17, 15) is 4.79 Å². The van der Waals surface area contributed by atoms with Gasteiger partial charge >= 0.3 is 0 Å². The zero-order valence-electron chi connectivity index (χ0n) is 15.4. The summed E-state index contributed by atoms with van der Waals surface area (Å²) in [5.74, 6) is 2.54. The van der Waals surface area contributed by atoms with Crippen molar-refractivity contribution in [2.24, 2.45) is 0 Å². The maximum absolute atomic E-state index is 12.3. The SMILES string of the molecule is CCCOCCCN1C(=O)CSC1c1cc(OC)c(OC)cc1OC. The first-order valence-electron chi connectivity index (χ1n) is 8.45. The lowest BCUT2D eigenvalue weighted by molar-refractivity contribution is -0.128. The van der Waals surface area contributed by atoms with Gasteiger partial charge in [-0.05, 0) is 18.9 Å². The van der Waals surface area contributed by atoms with Crippen LogP contribution in [0.2, 0.25) is 0 Å². The molecule has 25 heavy (non-hydrogen) atoms. The van der Waals surface area contributed by atoms with E-state index in [4.69, 9.17) is 18.9 Å². The molecule has 1 atom stereocenters. The maximum Gasteiger partial charge on any atom is 0.233 e. The standard InChI is InChI=1S/C18H27NO5S/c1-5-8-24-9-6-7-19-17(20)12-25-18(19)13-10-15(22-3)16(23-4)11-14(13)21-2/h10-11,18H,5-9,12H2,1-4H3. The summed E-state index contributed by atoms with van der Waals surface area (Å²) >= 11 is 1.60. The highest BCUT2D eigenvalue weighted by Crippen LogP contribution is 2.46. The molecule has 0 spiro atoms. The van der Waals surface area contributed by atoms with Crippen molar-refractivity contribution in [1.82, 2.24) is 4.90 Å². The number of rotatable bonds is 10. The van der Waals surface area contributed by atoms with Crippen LogP contribution in [0.1, 0.15) is 30.7 Å². The zero-order chi connectivity index (χ0) is 18.2. The molecule has 1 heterocycles. The molecule has 0 N–H and O–H groups in total. The molecule has 1 saturated heterocycles. The van der Waals surface area contributed by atoms with Crippen molar-refractivity contribution in [2.45, 2.75) is 25.1 Å². The highest BCUT2D eigenvalue weighted by molar-refractivity contribution is 8.00. The Hall–Kier alpha value is -1.60. The first kappa shape index (κ1) is 19.7. The summed E-state index contributed by atoms with van der Waals surface area (Å²) in [6.07, 6.45) is 1.82. The van der Waals surface area contributed by atoms with E-state index in [1.807, 2.05) is 11.0 Å². The van der Waals surface area contributed by atoms with Crippen LogP contribution in [-0.4, -0.2) is 57.6 Å². The fraction of sp³-hybridized carbons (Fsp3) is 0.611. The molecule has 7 heteroatoms.